The molecule has 0 unspecified atom stereocenters. The summed E-state index contributed by atoms with van der Waals surface area (Å²) < 4.78 is 30.3. The molecule has 0 aliphatic rings. The van der Waals surface area contributed by atoms with Gasteiger partial charge in [-0.1, -0.05) is 18.2 Å². The van der Waals surface area contributed by atoms with Gasteiger partial charge in [0, 0.05) is 12.1 Å². The van der Waals surface area contributed by atoms with Crippen LogP contribution in [0.3, 0.4) is 0 Å². The fourth-order valence-corrected chi connectivity index (χ4v) is 1.75. The summed E-state index contributed by atoms with van der Waals surface area (Å²) in [5.74, 6) is 0.833. The fraction of sp³-hybridized carbons (Fsp3) is 0.286. The average molecular weight is 251 g/mol. The van der Waals surface area contributed by atoms with E-state index in [0.29, 0.717) is 6.54 Å². The first-order chi connectivity index (χ1) is 8.66. The predicted octanol–water partition coefficient (Wildman–Crippen LogP) is 4.07. The summed E-state index contributed by atoms with van der Waals surface area (Å²) in [6.07, 6.45) is -0.808. The fourth-order valence-electron chi connectivity index (χ4n) is 1.75. The molecule has 0 spiro atoms. The normalized spacial score (nSPS) is 12.9. The van der Waals surface area contributed by atoms with Crippen molar-refractivity contribution in [3.05, 3.63) is 59.5 Å². The van der Waals surface area contributed by atoms with Crippen LogP contribution in [-0.4, -0.2) is 0 Å². The second-order valence-corrected chi connectivity index (χ2v) is 4.16. The lowest BCUT2D eigenvalue weighted by Crippen LogP contribution is -2.17. The number of hydrogen-bond acceptors (Lipinski definition) is 2. The molecule has 1 atom stereocenters. The summed E-state index contributed by atoms with van der Waals surface area (Å²) in [5, 5.41) is 3.23. The van der Waals surface area contributed by atoms with Gasteiger partial charge in [-0.25, -0.2) is 8.78 Å². The maximum atomic E-state index is 12.5. The van der Waals surface area contributed by atoms with Crippen LogP contribution in [0.15, 0.2) is 47.1 Å². The van der Waals surface area contributed by atoms with Crippen LogP contribution >= 0.6 is 0 Å². The van der Waals surface area contributed by atoms with Crippen LogP contribution in [0.25, 0.3) is 0 Å². The molecule has 2 rings (SSSR count). The maximum absolute atomic E-state index is 12.5. The number of nitrogens with one attached hydrogen (secondary N) is 1. The summed E-state index contributed by atoms with van der Waals surface area (Å²) in [6.45, 7) is 2.50. The number of alkyl halides is 2. The van der Waals surface area contributed by atoms with Crippen molar-refractivity contribution in [1.82, 2.24) is 5.32 Å². The molecule has 0 saturated carbocycles. The first-order valence-corrected chi connectivity index (χ1v) is 5.80. The molecule has 0 radical (unpaired) electrons. The zero-order valence-corrected chi connectivity index (χ0v) is 10.1. The molecule has 2 nitrogen and oxygen atoms in total. The third-order valence-electron chi connectivity index (χ3n) is 2.79. The predicted molar refractivity (Wildman–Crippen MR) is 65.4 cm³/mol. The van der Waals surface area contributed by atoms with Gasteiger partial charge >= 0.3 is 0 Å². The largest absolute Gasteiger partial charge is 0.468 e. The quantitative estimate of drug-likeness (QED) is 0.866. The lowest BCUT2D eigenvalue weighted by molar-refractivity contribution is 0.151. The molecule has 0 bridgehead atoms. The monoisotopic (exact) mass is 251 g/mol. The Bertz CT molecular complexity index is 482. The van der Waals surface area contributed by atoms with Crippen molar-refractivity contribution >= 4 is 0 Å². The molecule has 18 heavy (non-hydrogen) atoms. The molecule has 0 amide bonds. The smallest absolute Gasteiger partial charge is 0.263 e. The maximum Gasteiger partial charge on any atom is 0.263 e. The van der Waals surface area contributed by atoms with Gasteiger partial charge in [0.15, 0.2) is 0 Å². The standard InChI is InChI=1S/C14H15F2NO/c1-10(13-6-3-7-18-13)17-9-11-4-2-5-12(8-11)14(15)16/h2-8,10,14,17H,9H2,1H3/t10-/m1/s1. The Labute approximate surface area is 105 Å². The third-order valence-corrected chi connectivity index (χ3v) is 2.79. The summed E-state index contributed by atoms with van der Waals surface area (Å²) in [7, 11) is 0. The number of benzene rings is 1. The van der Waals surface area contributed by atoms with E-state index in [0.717, 1.165) is 11.3 Å². The van der Waals surface area contributed by atoms with E-state index in [9.17, 15) is 8.78 Å². The molecule has 96 valence electrons. The number of hydrogen-bond donors (Lipinski definition) is 1. The van der Waals surface area contributed by atoms with E-state index in [2.05, 4.69) is 5.32 Å². The van der Waals surface area contributed by atoms with Gasteiger partial charge in [0.2, 0.25) is 0 Å². The molecule has 0 saturated heterocycles. The van der Waals surface area contributed by atoms with Crippen molar-refractivity contribution in [3.8, 4) is 0 Å². The van der Waals surface area contributed by atoms with Crippen molar-refractivity contribution in [3.63, 3.8) is 0 Å². The van der Waals surface area contributed by atoms with E-state index in [1.54, 1.807) is 12.3 Å². The van der Waals surface area contributed by atoms with Crippen LogP contribution in [0.2, 0.25) is 0 Å². The van der Waals surface area contributed by atoms with E-state index in [1.165, 1.54) is 12.1 Å². The van der Waals surface area contributed by atoms with E-state index in [4.69, 9.17) is 4.42 Å². The van der Waals surface area contributed by atoms with Gasteiger partial charge in [-0.15, -0.1) is 0 Å². The molecule has 0 aliphatic carbocycles. The lowest BCUT2D eigenvalue weighted by Gasteiger charge is -2.12. The first-order valence-electron chi connectivity index (χ1n) is 5.80. The Kier molecular flexibility index (Phi) is 4.10. The summed E-state index contributed by atoms with van der Waals surface area (Å²) >= 11 is 0. The molecule has 1 heterocycles. The van der Waals surface area contributed by atoms with Gasteiger partial charge < -0.3 is 9.73 Å². The van der Waals surface area contributed by atoms with Crippen LogP contribution in [0, 0.1) is 0 Å². The molecule has 1 aromatic carbocycles. The second kappa shape index (κ2) is 5.78. The van der Waals surface area contributed by atoms with Crippen LogP contribution in [-0.2, 0) is 6.54 Å². The van der Waals surface area contributed by atoms with E-state index < -0.39 is 6.43 Å². The van der Waals surface area contributed by atoms with Crippen molar-refractivity contribution in [2.75, 3.05) is 0 Å². The van der Waals surface area contributed by atoms with E-state index in [-0.39, 0.29) is 11.6 Å². The Hall–Kier alpha value is -1.68. The van der Waals surface area contributed by atoms with Crippen molar-refractivity contribution in [2.24, 2.45) is 0 Å². The highest BCUT2D eigenvalue weighted by molar-refractivity contribution is 5.24. The Morgan fingerprint density at radius 3 is 2.72 bits per heavy atom. The van der Waals surface area contributed by atoms with E-state index in [1.807, 2.05) is 25.1 Å². The third kappa shape index (κ3) is 3.17. The van der Waals surface area contributed by atoms with Gasteiger partial charge in [0.25, 0.3) is 6.43 Å². The first kappa shape index (κ1) is 12.8. The minimum Gasteiger partial charge on any atom is -0.468 e. The molecule has 4 heteroatoms. The van der Waals surface area contributed by atoms with Crippen LogP contribution in [0.5, 0.6) is 0 Å². The van der Waals surface area contributed by atoms with Gasteiger partial charge in [-0.2, -0.15) is 0 Å². The average Bonchev–Trinajstić information content (AvgIpc) is 2.90. The molecule has 1 N–H and O–H groups in total. The summed E-state index contributed by atoms with van der Waals surface area (Å²) in [5.41, 5.74) is 0.895. The van der Waals surface area contributed by atoms with Crippen molar-refractivity contribution in [1.29, 1.82) is 0 Å². The molecule has 0 fully saturated rings. The van der Waals surface area contributed by atoms with Crippen molar-refractivity contribution < 1.29 is 13.2 Å². The molecule has 1 aromatic heterocycles. The molecular formula is C14H15F2NO. The van der Waals surface area contributed by atoms with Crippen LogP contribution < -0.4 is 5.32 Å². The van der Waals surface area contributed by atoms with Gasteiger partial charge in [0.05, 0.1) is 12.3 Å². The lowest BCUT2D eigenvalue weighted by atomic mass is 10.1. The van der Waals surface area contributed by atoms with Gasteiger partial charge in [-0.05, 0) is 30.7 Å². The van der Waals surface area contributed by atoms with Crippen LogP contribution in [0.4, 0.5) is 8.78 Å². The number of rotatable bonds is 5. The molecule has 0 aliphatic heterocycles. The minimum absolute atomic E-state index is 0.0511. The highest BCUT2D eigenvalue weighted by Gasteiger charge is 2.09. The Balaban J connectivity index is 1.96. The second-order valence-electron chi connectivity index (χ2n) is 4.16. The number of furan rings is 1. The Morgan fingerprint density at radius 1 is 1.22 bits per heavy atom. The summed E-state index contributed by atoms with van der Waals surface area (Å²) in [6, 6.07) is 10.2. The highest BCUT2D eigenvalue weighted by Crippen LogP contribution is 2.20. The minimum atomic E-state index is -2.42. The molecule has 2 aromatic rings. The zero-order chi connectivity index (χ0) is 13.0. The summed E-state index contributed by atoms with van der Waals surface area (Å²) in [4.78, 5) is 0. The van der Waals surface area contributed by atoms with E-state index >= 15 is 0 Å². The highest BCUT2D eigenvalue weighted by atomic mass is 19.3. The van der Waals surface area contributed by atoms with Crippen molar-refractivity contribution in [2.45, 2.75) is 25.9 Å². The zero-order valence-electron chi connectivity index (χ0n) is 10.1. The molecular weight excluding hydrogens is 236 g/mol. The van der Waals surface area contributed by atoms with Gasteiger partial charge in [0.1, 0.15) is 5.76 Å². The van der Waals surface area contributed by atoms with Crippen LogP contribution in [0.1, 0.15) is 36.3 Å². The Morgan fingerprint density at radius 2 is 2.06 bits per heavy atom. The number of halogens is 2. The SMILES string of the molecule is C[C@@H](NCc1cccc(C(F)F)c1)c1ccco1. The van der Waals surface area contributed by atoms with Gasteiger partial charge in [-0.3, -0.25) is 0 Å². The topological polar surface area (TPSA) is 25.2 Å².